The van der Waals surface area contributed by atoms with Crippen LogP contribution in [-0.4, -0.2) is 22.2 Å². The molecule has 0 heterocycles. The van der Waals surface area contributed by atoms with Crippen molar-refractivity contribution in [3.05, 3.63) is 12.2 Å². The molecule has 0 amide bonds. The molecule has 0 aromatic carbocycles. The minimum absolute atomic E-state index is 0.0950. The number of rotatable bonds is 2. The zero-order chi connectivity index (χ0) is 11.0. The van der Waals surface area contributed by atoms with Crippen molar-refractivity contribution in [1.82, 2.24) is 0 Å². The molecular formula is C11H14O4. The minimum atomic E-state index is -0.969. The van der Waals surface area contributed by atoms with Crippen LogP contribution in [0, 0.1) is 23.7 Å². The van der Waals surface area contributed by atoms with Gasteiger partial charge in [0.2, 0.25) is 0 Å². The Kier molecular flexibility index (Phi) is 2.50. The van der Waals surface area contributed by atoms with Gasteiger partial charge >= 0.3 is 11.9 Å². The molecule has 3 rings (SSSR count). The summed E-state index contributed by atoms with van der Waals surface area (Å²) in [6.45, 7) is 0. The molecule has 0 unspecified atom stereocenters. The first kappa shape index (κ1) is 10.2. The highest BCUT2D eigenvalue weighted by Crippen LogP contribution is 2.43. The van der Waals surface area contributed by atoms with Crippen LogP contribution in [0.5, 0.6) is 0 Å². The highest BCUT2D eigenvalue weighted by atomic mass is 16.4. The van der Waals surface area contributed by atoms with Gasteiger partial charge in [0, 0.05) is 0 Å². The summed E-state index contributed by atoms with van der Waals surface area (Å²) >= 11 is 0. The zero-order valence-electron chi connectivity index (χ0n) is 8.30. The second-order valence-corrected chi connectivity index (χ2v) is 4.37. The lowest BCUT2D eigenvalue weighted by atomic mass is 9.72. The average Bonchev–Trinajstić information content (AvgIpc) is 2.48. The number of fused-ring (bicyclic) bond motifs is 3. The van der Waals surface area contributed by atoms with Crippen molar-refractivity contribution in [1.29, 1.82) is 0 Å². The van der Waals surface area contributed by atoms with E-state index in [4.69, 9.17) is 10.2 Å². The molecule has 15 heavy (non-hydrogen) atoms. The zero-order valence-corrected chi connectivity index (χ0v) is 8.30. The van der Waals surface area contributed by atoms with Crippen molar-refractivity contribution >= 4 is 11.9 Å². The van der Waals surface area contributed by atoms with Crippen molar-refractivity contribution in [3.8, 4) is 0 Å². The van der Waals surface area contributed by atoms with Crippen LogP contribution in [0.2, 0.25) is 0 Å². The lowest BCUT2D eigenvalue weighted by molar-refractivity contribution is -0.157. The third-order valence-electron chi connectivity index (χ3n) is 3.56. The van der Waals surface area contributed by atoms with Gasteiger partial charge in [0.15, 0.2) is 0 Å². The summed E-state index contributed by atoms with van der Waals surface area (Å²) in [4.78, 5) is 22.2. The Morgan fingerprint density at radius 2 is 1.33 bits per heavy atom. The smallest absolute Gasteiger partial charge is 0.307 e. The molecule has 82 valence electrons. The van der Waals surface area contributed by atoms with Crippen LogP contribution >= 0.6 is 0 Å². The van der Waals surface area contributed by atoms with Crippen molar-refractivity contribution in [2.45, 2.75) is 19.3 Å². The fourth-order valence-corrected chi connectivity index (χ4v) is 2.87. The first-order valence-electron chi connectivity index (χ1n) is 5.25. The van der Waals surface area contributed by atoms with Crippen molar-refractivity contribution in [2.24, 2.45) is 23.7 Å². The van der Waals surface area contributed by atoms with Crippen LogP contribution in [0.1, 0.15) is 19.3 Å². The monoisotopic (exact) mass is 210 g/mol. The molecule has 2 bridgehead atoms. The van der Waals surface area contributed by atoms with E-state index in [1.54, 1.807) is 0 Å². The summed E-state index contributed by atoms with van der Waals surface area (Å²) in [6.07, 6.45) is 6.32. The predicted molar refractivity (Wildman–Crippen MR) is 52.2 cm³/mol. The molecule has 4 atom stereocenters. The van der Waals surface area contributed by atoms with Crippen LogP contribution in [0.25, 0.3) is 0 Å². The predicted octanol–water partition coefficient (Wildman–Crippen LogP) is 1.37. The summed E-state index contributed by atoms with van der Waals surface area (Å²) in [6, 6.07) is 0. The van der Waals surface area contributed by atoms with E-state index in [1.165, 1.54) is 0 Å². The number of allylic oxidation sites excluding steroid dienone is 2. The van der Waals surface area contributed by atoms with Gasteiger partial charge in [0.25, 0.3) is 0 Å². The fourth-order valence-electron chi connectivity index (χ4n) is 2.87. The van der Waals surface area contributed by atoms with E-state index in [0.717, 1.165) is 19.3 Å². The van der Waals surface area contributed by atoms with Crippen LogP contribution in [0.15, 0.2) is 12.2 Å². The summed E-state index contributed by atoms with van der Waals surface area (Å²) in [5, 5.41) is 18.2. The van der Waals surface area contributed by atoms with Crippen LogP contribution < -0.4 is 0 Å². The SMILES string of the molecule is O=C(O)[C@@H]1[C@H](C(=O)O)[C@@H]2C=C[C@H]1CCC2. The molecule has 0 aliphatic heterocycles. The Morgan fingerprint density at radius 3 is 1.67 bits per heavy atom. The minimum Gasteiger partial charge on any atom is -0.481 e. The van der Waals surface area contributed by atoms with Gasteiger partial charge in [-0.05, 0) is 24.7 Å². The maximum Gasteiger partial charge on any atom is 0.307 e. The fraction of sp³-hybridized carbons (Fsp3) is 0.636. The number of aliphatic carboxylic acids is 2. The lowest BCUT2D eigenvalue weighted by Crippen LogP contribution is -2.39. The average molecular weight is 210 g/mol. The molecule has 0 aromatic heterocycles. The van der Waals surface area contributed by atoms with Crippen molar-refractivity contribution in [2.75, 3.05) is 0 Å². The molecular weight excluding hydrogens is 196 g/mol. The maximum atomic E-state index is 11.1. The second kappa shape index (κ2) is 3.68. The van der Waals surface area contributed by atoms with E-state index in [2.05, 4.69) is 0 Å². The Bertz CT molecular complexity index is 291. The van der Waals surface area contributed by atoms with E-state index in [1.807, 2.05) is 12.2 Å². The Balaban J connectivity index is 2.37. The van der Waals surface area contributed by atoms with E-state index in [9.17, 15) is 9.59 Å². The molecule has 0 aromatic rings. The Hall–Kier alpha value is -1.32. The van der Waals surface area contributed by atoms with Crippen molar-refractivity contribution < 1.29 is 19.8 Å². The van der Waals surface area contributed by atoms with Crippen molar-refractivity contribution in [3.63, 3.8) is 0 Å². The van der Waals surface area contributed by atoms with Gasteiger partial charge in [-0.25, -0.2) is 0 Å². The standard InChI is InChI=1S/C11H14O4/c12-10(13)8-6-2-1-3-7(5-4-6)9(8)11(14)15/h4-9H,1-3H2,(H,12,13)(H,14,15)/t6-,7+,8+,9-. The number of carboxylic acid groups (broad SMARTS) is 2. The second-order valence-electron chi connectivity index (χ2n) is 4.37. The topological polar surface area (TPSA) is 74.6 Å². The molecule has 1 fully saturated rings. The summed E-state index contributed by atoms with van der Waals surface area (Å²) in [5.74, 6) is -3.60. The number of hydrogen-bond acceptors (Lipinski definition) is 2. The Labute approximate surface area is 87.6 Å². The lowest BCUT2D eigenvalue weighted by Gasteiger charge is -2.31. The van der Waals surface area contributed by atoms with Gasteiger partial charge in [-0.2, -0.15) is 0 Å². The van der Waals surface area contributed by atoms with E-state index >= 15 is 0 Å². The first-order valence-corrected chi connectivity index (χ1v) is 5.25. The van der Waals surface area contributed by atoms with E-state index in [0.29, 0.717) is 0 Å². The Morgan fingerprint density at radius 1 is 0.933 bits per heavy atom. The van der Waals surface area contributed by atoms with Gasteiger partial charge < -0.3 is 10.2 Å². The molecule has 0 radical (unpaired) electrons. The van der Waals surface area contributed by atoms with Gasteiger partial charge in [0.05, 0.1) is 11.8 Å². The normalized spacial score (nSPS) is 38.7. The first-order chi connectivity index (χ1) is 7.11. The van der Waals surface area contributed by atoms with E-state index in [-0.39, 0.29) is 11.8 Å². The van der Waals surface area contributed by atoms with Gasteiger partial charge in [0.1, 0.15) is 0 Å². The third-order valence-corrected chi connectivity index (χ3v) is 3.56. The maximum absolute atomic E-state index is 11.1. The highest BCUT2D eigenvalue weighted by Gasteiger charge is 2.46. The molecule has 0 saturated heterocycles. The van der Waals surface area contributed by atoms with Gasteiger partial charge in [-0.3, -0.25) is 9.59 Å². The molecule has 3 aliphatic rings. The molecule has 2 N–H and O–H groups in total. The van der Waals surface area contributed by atoms with Crippen LogP contribution in [0.4, 0.5) is 0 Å². The quantitative estimate of drug-likeness (QED) is 0.675. The van der Waals surface area contributed by atoms with Crippen LogP contribution in [0.3, 0.4) is 0 Å². The molecule has 4 nitrogen and oxygen atoms in total. The van der Waals surface area contributed by atoms with Gasteiger partial charge in [-0.1, -0.05) is 18.6 Å². The molecule has 3 aliphatic carbocycles. The summed E-state index contributed by atoms with van der Waals surface area (Å²) in [7, 11) is 0. The summed E-state index contributed by atoms with van der Waals surface area (Å²) < 4.78 is 0. The molecule has 0 spiro atoms. The third kappa shape index (κ3) is 1.64. The number of carbonyl (C=O) groups is 2. The number of hydrogen-bond donors (Lipinski definition) is 2. The highest BCUT2D eigenvalue weighted by molar-refractivity contribution is 5.81. The van der Waals surface area contributed by atoms with E-state index < -0.39 is 23.8 Å². The van der Waals surface area contributed by atoms with Gasteiger partial charge in [-0.15, -0.1) is 0 Å². The molecule has 4 heteroatoms. The summed E-state index contributed by atoms with van der Waals surface area (Å²) in [5.41, 5.74) is 0. The molecule has 1 saturated carbocycles. The number of carboxylic acids is 2. The van der Waals surface area contributed by atoms with Crippen LogP contribution in [-0.2, 0) is 9.59 Å². The largest absolute Gasteiger partial charge is 0.481 e.